The quantitative estimate of drug-likeness (QED) is 0.375. The molecule has 0 saturated heterocycles. The Balaban J connectivity index is 1.73. The van der Waals surface area contributed by atoms with Crippen molar-refractivity contribution in [3.8, 4) is 11.5 Å². The van der Waals surface area contributed by atoms with Crippen LogP contribution in [0.15, 0.2) is 65.8 Å². The summed E-state index contributed by atoms with van der Waals surface area (Å²) in [4.78, 5) is 12.2. The van der Waals surface area contributed by atoms with Gasteiger partial charge < -0.3 is 9.84 Å². The fourth-order valence-corrected chi connectivity index (χ4v) is 2.98. The number of benzene rings is 3. The van der Waals surface area contributed by atoms with Crippen molar-refractivity contribution < 1.29 is 14.6 Å². The number of carbonyl (C=O) groups is 1. The minimum atomic E-state index is -0.609. The van der Waals surface area contributed by atoms with Crippen LogP contribution in [0.3, 0.4) is 0 Å². The van der Waals surface area contributed by atoms with E-state index in [4.69, 9.17) is 39.5 Å². The lowest BCUT2D eigenvalue weighted by Gasteiger charge is -2.10. The van der Waals surface area contributed by atoms with Crippen LogP contribution in [0.5, 0.6) is 11.5 Å². The van der Waals surface area contributed by atoms with Crippen LogP contribution in [-0.2, 0) is 6.61 Å². The zero-order valence-corrected chi connectivity index (χ0v) is 17.2. The van der Waals surface area contributed by atoms with Crippen molar-refractivity contribution in [3.63, 3.8) is 0 Å². The molecule has 0 unspecified atom stereocenters. The van der Waals surface area contributed by atoms with E-state index in [-0.39, 0.29) is 17.9 Å². The maximum Gasteiger partial charge on any atom is 0.275 e. The predicted octanol–water partition coefficient (Wildman–Crippen LogP) is 5.70. The van der Waals surface area contributed by atoms with E-state index in [1.165, 1.54) is 24.4 Å². The van der Waals surface area contributed by atoms with Crippen LogP contribution >= 0.6 is 34.8 Å². The SMILES string of the molecule is O=C(N/N=C\c1cc(Cl)ccc1OCc1ccccc1Cl)c1cc(Cl)ccc1O. The van der Waals surface area contributed by atoms with Gasteiger partial charge in [0.25, 0.3) is 5.91 Å². The molecule has 0 aliphatic carbocycles. The number of phenols is 1. The van der Waals surface area contributed by atoms with Crippen molar-refractivity contribution in [2.75, 3.05) is 0 Å². The normalized spacial score (nSPS) is 10.9. The average molecular weight is 450 g/mol. The molecule has 0 spiro atoms. The lowest BCUT2D eigenvalue weighted by atomic mass is 10.2. The van der Waals surface area contributed by atoms with E-state index >= 15 is 0 Å². The van der Waals surface area contributed by atoms with E-state index in [2.05, 4.69) is 10.5 Å². The van der Waals surface area contributed by atoms with Crippen molar-refractivity contribution in [1.29, 1.82) is 0 Å². The Kier molecular flexibility index (Phi) is 6.99. The number of nitrogens with one attached hydrogen (secondary N) is 1. The lowest BCUT2D eigenvalue weighted by molar-refractivity contribution is 0.0952. The highest BCUT2D eigenvalue weighted by atomic mass is 35.5. The molecule has 8 heteroatoms. The number of hydrogen-bond donors (Lipinski definition) is 2. The molecule has 3 aromatic rings. The summed E-state index contributed by atoms with van der Waals surface area (Å²) in [5, 5.41) is 15.1. The topological polar surface area (TPSA) is 70.9 Å². The molecular weight excluding hydrogens is 435 g/mol. The van der Waals surface area contributed by atoms with Gasteiger partial charge in [0.05, 0.1) is 11.8 Å². The van der Waals surface area contributed by atoms with E-state index in [0.717, 1.165) is 5.56 Å². The zero-order valence-electron chi connectivity index (χ0n) is 14.9. The van der Waals surface area contributed by atoms with Crippen LogP contribution in [-0.4, -0.2) is 17.2 Å². The van der Waals surface area contributed by atoms with E-state index < -0.39 is 5.91 Å². The molecule has 0 heterocycles. The fourth-order valence-electron chi connectivity index (χ4n) is 2.43. The molecule has 0 bridgehead atoms. The van der Waals surface area contributed by atoms with Gasteiger partial charge in [0.1, 0.15) is 18.1 Å². The number of amides is 1. The molecule has 0 aromatic heterocycles. The number of phenolic OH excluding ortho intramolecular Hbond substituents is 1. The molecule has 0 atom stereocenters. The van der Waals surface area contributed by atoms with E-state index in [0.29, 0.717) is 26.4 Å². The second-order valence-electron chi connectivity index (χ2n) is 5.92. The lowest BCUT2D eigenvalue weighted by Crippen LogP contribution is -2.17. The molecular formula is C21H15Cl3N2O3. The van der Waals surface area contributed by atoms with Gasteiger partial charge in [0.15, 0.2) is 0 Å². The van der Waals surface area contributed by atoms with Gasteiger partial charge in [-0.2, -0.15) is 5.10 Å². The molecule has 1 amide bonds. The number of carbonyl (C=O) groups excluding carboxylic acids is 1. The van der Waals surface area contributed by atoms with Crippen LogP contribution in [0.1, 0.15) is 21.5 Å². The van der Waals surface area contributed by atoms with Gasteiger partial charge in [-0.25, -0.2) is 5.43 Å². The Labute approximate surface area is 182 Å². The summed E-state index contributed by atoms with van der Waals surface area (Å²) < 4.78 is 5.83. The third kappa shape index (κ3) is 5.64. The van der Waals surface area contributed by atoms with Crippen molar-refractivity contribution in [2.45, 2.75) is 6.61 Å². The van der Waals surface area contributed by atoms with Crippen molar-refractivity contribution in [2.24, 2.45) is 5.10 Å². The molecule has 29 heavy (non-hydrogen) atoms. The predicted molar refractivity (Wildman–Crippen MR) is 115 cm³/mol. The van der Waals surface area contributed by atoms with E-state index in [1.807, 2.05) is 18.2 Å². The van der Waals surface area contributed by atoms with Crippen LogP contribution in [0, 0.1) is 0 Å². The fraction of sp³-hybridized carbons (Fsp3) is 0.0476. The first-order chi connectivity index (χ1) is 13.9. The largest absolute Gasteiger partial charge is 0.507 e. The first kappa shape index (κ1) is 21.0. The maximum absolute atomic E-state index is 12.2. The molecule has 148 valence electrons. The Bertz CT molecular complexity index is 1070. The Morgan fingerprint density at radius 2 is 1.76 bits per heavy atom. The minimum absolute atomic E-state index is 0.0101. The Morgan fingerprint density at radius 3 is 2.55 bits per heavy atom. The number of hydrogen-bond acceptors (Lipinski definition) is 4. The number of aromatic hydroxyl groups is 1. The summed E-state index contributed by atoms with van der Waals surface area (Å²) in [5.41, 5.74) is 3.73. The second kappa shape index (κ2) is 9.65. The summed E-state index contributed by atoms with van der Waals surface area (Å²) in [5.74, 6) is -0.298. The van der Waals surface area contributed by atoms with Crippen molar-refractivity contribution in [3.05, 3.63) is 92.4 Å². The Hall–Kier alpha value is -2.73. The standard InChI is InChI=1S/C21H15Cl3N2O3/c22-15-6-8-20(29-12-13-3-1-2-4-18(13)24)14(9-15)11-25-26-21(28)17-10-16(23)5-7-19(17)27/h1-11,27H,12H2,(H,26,28)/b25-11-. The highest BCUT2D eigenvalue weighted by Crippen LogP contribution is 2.24. The molecule has 3 rings (SSSR count). The van der Waals surface area contributed by atoms with Gasteiger partial charge in [-0.1, -0.05) is 53.0 Å². The molecule has 0 aliphatic rings. The van der Waals surface area contributed by atoms with Crippen LogP contribution in [0.4, 0.5) is 0 Å². The molecule has 0 fully saturated rings. The van der Waals surface area contributed by atoms with Gasteiger partial charge in [-0.15, -0.1) is 0 Å². The molecule has 3 aromatic carbocycles. The summed E-state index contributed by atoms with van der Waals surface area (Å²) in [7, 11) is 0. The highest BCUT2D eigenvalue weighted by molar-refractivity contribution is 6.31. The van der Waals surface area contributed by atoms with Crippen LogP contribution < -0.4 is 10.2 Å². The summed E-state index contributed by atoms with van der Waals surface area (Å²) in [6.07, 6.45) is 1.40. The molecule has 5 nitrogen and oxygen atoms in total. The maximum atomic E-state index is 12.2. The summed E-state index contributed by atoms with van der Waals surface area (Å²) in [6, 6.07) is 16.5. The monoisotopic (exact) mass is 448 g/mol. The van der Waals surface area contributed by atoms with Crippen molar-refractivity contribution in [1.82, 2.24) is 5.43 Å². The number of hydrazone groups is 1. The molecule has 2 N–H and O–H groups in total. The van der Waals surface area contributed by atoms with E-state index in [9.17, 15) is 9.90 Å². The third-order valence-electron chi connectivity index (χ3n) is 3.89. The average Bonchev–Trinajstić information content (AvgIpc) is 2.70. The number of rotatable bonds is 6. The highest BCUT2D eigenvalue weighted by Gasteiger charge is 2.11. The zero-order chi connectivity index (χ0) is 20.8. The van der Waals surface area contributed by atoms with Crippen molar-refractivity contribution >= 4 is 46.9 Å². The minimum Gasteiger partial charge on any atom is -0.507 e. The molecule has 0 saturated carbocycles. The number of ether oxygens (including phenoxy) is 1. The van der Waals surface area contributed by atoms with Gasteiger partial charge >= 0.3 is 0 Å². The number of halogens is 3. The first-order valence-electron chi connectivity index (χ1n) is 8.41. The van der Waals surface area contributed by atoms with Gasteiger partial charge in [0, 0.05) is 26.2 Å². The molecule has 0 radical (unpaired) electrons. The van der Waals surface area contributed by atoms with Gasteiger partial charge in [-0.05, 0) is 42.5 Å². The molecule has 0 aliphatic heterocycles. The first-order valence-corrected chi connectivity index (χ1v) is 9.55. The van der Waals surface area contributed by atoms with Crippen LogP contribution in [0.2, 0.25) is 15.1 Å². The number of nitrogens with zero attached hydrogens (tertiary/aromatic N) is 1. The summed E-state index contributed by atoms with van der Waals surface area (Å²) >= 11 is 18.1. The van der Waals surface area contributed by atoms with Crippen LogP contribution in [0.25, 0.3) is 0 Å². The Morgan fingerprint density at radius 1 is 1.03 bits per heavy atom. The summed E-state index contributed by atoms with van der Waals surface area (Å²) in [6.45, 7) is 0.255. The van der Waals surface area contributed by atoms with E-state index in [1.54, 1.807) is 24.3 Å². The third-order valence-corrected chi connectivity index (χ3v) is 4.72. The smallest absolute Gasteiger partial charge is 0.275 e. The van der Waals surface area contributed by atoms with Gasteiger partial charge in [0.2, 0.25) is 0 Å². The second-order valence-corrected chi connectivity index (χ2v) is 7.20. The van der Waals surface area contributed by atoms with Gasteiger partial charge in [-0.3, -0.25) is 4.79 Å².